The van der Waals surface area contributed by atoms with Crippen molar-refractivity contribution in [2.24, 2.45) is 0 Å². The molecule has 0 radical (unpaired) electrons. The number of anilines is 1. The lowest BCUT2D eigenvalue weighted by Gasteiger charge is -2.10. The molecule has 0 aliphatic carbocycles. The van der Waals surface area contributed by atoms with Crippen LogP contribution in [0.5, 0.6) is 0 Å². The van der Waals surface area contributed by atoms with Gasteiger partial charge in [0, 0.05) is 29.7 Å². The van der Waals surface area contributed by atoms with E-state index >= 15 is 0 Å². The van der Waals surface area contributed by atoms with Gasteiger partial charge < -0.3 is 10.3 Å². The highest BCUT2D eigenvalue weighted by molar-refractivity contribution is 9.10. The normalized spacial score (nSPS) is 11.4. The maximum Gasteiger partial charge on any atom is 0.225 e. The molecule has 0 atom stereocenters. The Labute approximate surface area is 153 Å². The molecule has 0 spiro atoms. The maximum absolute atomic E-state index is 14.3. The molecule has 4 rings (SSSR count). The number of aromatic nitrogens is 4. The summed E-state index contributed by atoms with van der Waals surface area (Å²) in [7, 11) is 0. The lowest BCUT2D eigenvalue weighted by atomic mass is 10.2. The minimum absolute atomic E-state index is 0.0589. The van der Waals surface area contributed by atoms with Crippen molar-refractivity contribution in [2.75, 3.05) is 5.32 Å². The van der Waals surface area contributed by atoms with Gasteiger partial charge in [-0.2, -0.15) is 0 Å². The van der Waals surface area contributed by atoms with Crippen molar-refractivity contribution in [3.05, 3.63) is 57.5 Å². The first-order valence-electron chi connectivity index (χ1n) is 7.20. The standard InChI is InChI=1S/C16H9BrClF2N5/c17-11-10(19)4-9-13(12(11)20)24-16(18)25-15(9)23-6-7-5-22-14-8(7)2-1-3-21-14/h1-5H,6H2,(H,21,22)(H,23,24,25). The quantitative estimate of drug-likeness (QED) is 0.366. The molecule has 0 saturated carbocycles. The van der Waals surface area contributed by atoms with Crippen LogP contribution < -0.4 is 5.32 Å². The SMILES string of the molecule is Fc1cc2c(NCc3c[nH]c4ncccc34)nc(Cl)nc2c(F)c1Br. The summed E-state index contributed by atoms with van der Waals surface area (Å²) in [5.41, 5.74) is 1.63. The zero-order chi connectivity index (χ0) is 17.6. The lowest BCUT2D eigenvalue weighted by molar-refractivity contribution is 0.579. The van der Waals surface area contributed by atoms with E-state index in [0.29, 0.717) is 6.54 Å². The van der Waals surface area contributed by atoms with Crippen LogP contribution in [0.2, 0.25) is 5.28 Å². The fraction of sp³-hybridized carbons (Fsp3) is 0.0625. The first-order chi connectivity index (χ1) is 12.0. The Hall–Kier alpha value is -2.32. The van der Waals surface area contributed by atoms with Gasteiger partial charge in [-0.15, -0.1) is 0 Å². The number of fused-ring (bicyclic) bond motifs is 2. The van der Waals surface area contributed by atoms with Crippen LogP contribution in [0.3, 0.4) is 0 Å². The van der Waals surface area contributed by atoms with Gasteiger partial charge in [-0.1, -0.05) is 0 Å². The molecule has 0 bridgehead atoms. The van der Waals surface area contributed by atoms with Gasteiger partial charge >= 0.3 is 0 Å². The summed E-state index contributed by atoms with van der Waals surface area (Å²) in [5, 5.41) is 4.09. The van der Waals surface area contributed by atoms with Crippen molar-refractivity contribution in [3.63, 3.8) is 0 Å². The number of halogens is 4. The average Bonchev–Trinajstić information content (AvgIpc) is 3.02. The molecule has 4 aromatic rings. The fourth-order valence-corrected chi connectivity index (χ4v) is 3.09. The maximum atomic E-state index is 14.3. The number of nitrogens with one attached hydrogen (secondary N) is 2. The topological polar surface area (TPSA) is 66.5 Å². The molecule has 0 aliphatic rings. The van der Waals surface area contributed by atoms with E-state index in [-0.39, 0.29) is 26.5 Å². The van der Waals surface area contributed by atoms with Crippen molar-refractivity contribution in [1.82, 2.24) is 19.9 Å². The van der Waals surface area contributed by atoms with Gasteiger partial charge in [0.25, 0.3) is 0 Å². The molecule has 126 valence electrons. The number of rotatable bonds is 3. The van der Waals surface area contributed by atoms with E-state index < -0.39 is 11.6 Å². The first-order valence-corrected chi connectivity index (χ1v) is 8.37. The molecule has 9 heteroatoms. The summed E-state index contributed by atoms with van der Waals surface area (Å²) in [6, 6.07) is 4.92. The van der Waals surface area contributed by atoms with Crippen molar-refractivity contribution in [3.8, 4) is 0 Å². The predicted octanol–water partition coefficient (Wildman–Crippen LogP) is 4.81. The van der Waals surface area contributed by atoms with Crippen LogP contribution in [-0.4, -0.2) is 19.9 Å². The predicted molar refractivity (Wildman–Crippen MR) is 95.6 cm³/mol. The molecule has 0 fully saturated rings. The molecule has 25 heavy (non-hydrogen) atoms. The summed E-state index contributed by atoms with van der Waals surface area (Å²) < 4.78 is 27.9. The van der Waals surface area contributed by atoms with Gasteiger partial charge in [-0.25, -0.2) is 23.7 Å². The highest BCUT2D eigenvalue weighted by Crippen LogP contribution is 2.31. The number of hydrogen-bond donors (Lipinski definition) is 2. The minimum atomic E-state index is -0.821. The van der Waals surface area contributed by atoms with E-state index in [1.807, 2.05) is 18.3 Å². The van der Waals surface area contributed by atoms with Crippen LogP contribution in [0.4, 0.5) is 14.6 Å². The third kappa shape index (κ3) is 2.81. The van der Waals surface area contributed by atoms with Gasteiger partial charge in [0.2, 0.25) is 5.28 Å². The van der Waals surface area contributed by atoms with Crippen molar-refractivity contribution < 1.29 is 8.78 Å². The van der Waals surface area contributed by atoms with Gasteiger partial charge in [0.15, 0.2) is 5.82 Å². The van der Waals surface area contributed by atoms with Crippen LogP contribution in [0, 0.1) is 11.6 Å². The summed E-state index contributed by atoms with van der Waals surface area (Å²) in [6.45, 7) is 0.368. The van der Waals surface area contributed by atoms with Crippen LogP contribution in [0.25, 0.3) is 21.9 Å². The Bertz CT molecular complexity index is 1110. The fourth-order valence-electron chi connectivity index (χ4n) is 2.62. The van der Waals surface area contributed by atoms with E-state index in [9.17, 15) is 8.78 Å². The second-order valence-electron chi connectivity index (χ2n) is 5.29. The van der Waals surface area contributed by atoms with Gasteiger partial charge in [0.1, 0.15) is 22.8 Å². The zero-order valence-electron chi connectivity index (χ0n) is 12.4. The van der Waals surface area contributed by atoms with Crippen LogP contribution in [0.15, 0.2) is 35.1 Å². The molecule has 0 amide bonds. The Kier molecular flexibility index (Phi) is 4.01. The number of nitrogens with zero attached hydrogens (tertiary/aromatic N) is 3. The number of pyridine rings is 1. The third-order valence-corrected chi connectivity index (χ3v) is 4.68. The Morgan fingerprint density at radius 2 is 2.08 bits per heavy atom. The van der Waals surface area contributed by atoms with Crippen LogP contribution in [-0.2, 0) is 6.54 Å². The molecule has 2 N–H and O–H groups in total. The molecule has 5 nitrogen and oxygen atoms in total. The molecule has 0 saturated heterocycles. The number of H-pyrrole nitrogens is 1. The smallest absolute Gasteiger partial charge is 0.225 e. The van der Waals surface area contributed by atoms with Gasteiger partial charge in [-0.3, -0.25) is 0 Å². The number of benzene rings is 1. The lowest BCUT2D eigenvalue weighted by Crippen LogP contribution is -2.04. The number of aromatic amines is 1. The molecular weight excluding hydrogens is 416 g/mol. The summed E-state index contributed by atoms with van der Waals surface area (Å²) in [4.78, 5) is 15.2. The molecule has 3 aromatic heterocycles. The highest BCUT2D eigenvalue weighted by atomic mass is 79.9. The molecule has 3 heterocycles. The van der Waals surface area contributed by atoms with Crippen molar-refractivity contribution in [2.45, 2.75) is 6.54 Å². The average molecular weight is 425 g/mol. The van der Waals surface area contributed by atoms with Gasteiger partial charge in [-0.05, 0) is 51.3 Å². The highest BCUT2D eigenvalue weighted by Gasteiger charge is 2.17. The van der Waals surface area contributed by atoms with Gasteiger partial charge in [0.05, 0.1) is 4.47 Å². The van der Waals surface area contributed by atoms with E-state index in [4.69, 9.17) is 11.6 Å². The second kappa shape index (κ2) is 6.20. The Balaban J connectivity index is 1.76. The minimum Gasteiger partial charge on any atom is -0.365 e. The number of hydrogen-bond acceptors (Lipinski definition) is 4. The van der Waals surface area contributed by atoms with E-state index in [1.165, 1.54) is 0 Å². The molecule has 0 aliphatic heterocycles. The zero-order valence-corrected chi connectivity index (χ0v) is 14.8. The first kappa shape index (κ1) is 16.2. The Morgan fingerprint density at radius 1 is 1.24 bits per heavy atom. The van der Waals surface area contributed by atoms with E-state index in [2.05, 4.69) is 41.2 Å². The van der Waals surface area contributed by atoms with Crippen LogP contribution >= 0.6 is 27.5 Å². The van der Waals surface area contributed by atoms with E-state index in [0.717, 1.165) is 22.7 Å². The van der Waals surface area contributed by atoms with Crippen LogP contribution in [0.1, 0.15) is 5.56 Å². The molecule has 1 aromatic carbocycles. The summed E-state index contributed by atoms with van der Waals surface area (Å²) >= 11 is 8.75. The Morgan fingerprint density at radius 3 is 2.92 bits per heavy atom. The van der Waals surface area contributed by atoms with E-state index in [1.54, 1.807) is 6.20 Å². The molecular formula is C16H9BrClF2N5. The monoisotopic (exact) mass is 423 g/mol. The third-order valence-electron chi connectivity index (χ3n) is 3.78. The summed E-state index contributed by atoms with van der Waals surface area (Å²) in [6.07, 6.45) is 3.50. The second-order valence-corrected chi connectivity index (χ2v) is 6.42. The summed E-state index contributed by atoms with van der Waals surface area (Å²) in [5.74, 6) is -1.31. The largest absolute Gasteiger partial charge is 0.365 e. The molecule has 0 unspecified atom stereocenters. The van der Waals surface area contributed by atoms with Crippen molar-refractivity contribution in [1.29, 1.82) is 0 Å². The van der Waals surface area contributed by atoms with Crippen molar-refractivity contribution >= 4 is 55.3 Å².